The molecule has 1 atom stereocenters. The predicted octanol–water partition coefficient (Wildman–Crippen LogP) is 0.935. The van der Waals surface area contributed by atoms with Gasteiger partial charge in [-0.2, -0.15) is 0 Å². The molecule has 5 nitrogen and oxygen atoms in total. The van der Waals surface area contributed by atoms with Crippen molar-refractivity contribution in [2.24, 2.45) is 0 Å². The summed E-state index contributed by atoms with van der Waals surface area (Å²) in [6, 6.07) is -1.42. The van der Waals surface area contributed by atoms with Crippen molar-refractivity contribution in [2.75, 3.05) is 6.61 Å². The fraction of sp³-hybridized carbons (Fsp3) is 0.750. The minimum absolute atomic E-state index is 0.331. The highest BCUT2D eigenvalue weighted by Crippen LogP contribution is 2.28. The third kappa shape index (κ3) is 2.06. The van der Waals surface area contributed by atoms with E-state index < -0.39 is 30.1 Å². The third-order valence-electron chi connectivity index (χ3n) is 2.24. The van der Waals surface area contributed by atoms with Crippen molar-refractivity contribution in [1.82, 2.24) is 4.90 Å². The molecule has 0 unspecified atom stereocenters. The van der Waals surface area contributed by atoms with E-state index in [1.54, 1.807) is 0 Å². The van der Waals surface area contributed by atoms with Crippen LogP contribution in [0.25, 0.3) is 0 Å². The second-order valence-corrected chi connectivity index (χ2v) is 3.63. The van der Waals surface area contributed by atoms with Gasteiger partial charge in [0.1, 0.15) is 11.8 Å². The second-order valence-electron chi connectivity index (χ2n) is 3.63. The van der Waals surface area contributed by atoms with Crippen molar-refractivity contribution >= 4 is 11.9 Å². The molecule has 0 bridgehead atoms. The number of halogens is 2. The SMILES string of the molecule is CC1(C)OC[C@H](C(=O)C(F)F)N1C(=O)O. The van der Waals surface area contributed by atoms with E-state index in [0.29, 0.717) is 4.90 Å². The monoisotopic (exact) mass is 223 g/mol. The molecule has 1 aliphatic rings. The normalized spacial score (nSPS) is 24.6. The van der Waals surface area contributed by atoms with E-state index in [2.05, 4.69) is 0 Å². The number of carboxylic acid groups (broad SMARTS) is 1. The maximum absolute atomic E-state index is 12.1. The Morgan fingerprint density at radius 2 is 2.07 bits per heavy atom. The summed E-state index contributed by atoms with van der Waals surface area (Å²) >= 11 is 0. The molecular weight excluding hydrogens is 212 g/mol. The van der Waals surface area contributed by atoms with E-state index in [1.807, 2.05) is 0 Å². The first-order valence-electron chi connectivity index (χ1n) is 4.25. The number of hydrogen-bond donors (Lipinski definition) is 1. The van der Waals surface area contributed by atoms with Crippen LogP contribution in [-0.2, 0) is 9.53 Å². The maximum atomic E-state index is 12.1. The van der Waals surface area contributed by atoms with Gasteiger partial charge in [-0.15, -0.1) is 0 Å². The van der Waals surface area contributed by atoms with Gasteiger partial charge in [-0.25, -0.2) is 13.6 Å². The number of alkyl halides is 2. The van der Waals surface area contributed by atoms with Crippen LogP contribution in [0.15, 0.2) is 0 Å². The fourth-order valence-electron chi connectivity index (χ4n) is 1.52. The summed E-state index contributed by atoms with van der Waals surface area (Å²) < 4.78 is 29.3. The van der Waals surface area contributed by atoms with Gasteiger partial charge in [-0.05, 0) is 13.8 Å². The molecule has 1 aliphatic heterocycles. The lowest BCUT2D eigenvalue weighted by atomic mass is 10.1. The number of ketones is 1. The molecule has 0 spiro atoms. The van der Waals surface area contributed by atoms with Crippen molar-refractivity contribution in [2.45, 2.75) is 32.0 Å². The average molecular weight is 223 g/mol. The Morgan fingerprint density at radius 1 is 1.53 bits per heavy atom. The summed E-state index contributed by atoms with van der Waals surface area (Å²) in [5.74, 6) is -1.43. The van der Waals surface area contributed by atoms with E-state index in [9.17, 15) is 18.4 Å². The Morgan fingerprint density at radius 3 is 2.47 bits per heavy atom. The molecule has 1 amide bonds. The number of rotatable bonds is 2. The van der Waals surface area contributed by atoms with Crippen molar-refractivity contribution in [3.8, 4) is 0 Å². The summed E-state index contributed by atoms with van der Waals surface area (Å²) in [4.78, 5) is 22.4. The van der Waals surface area contributed by atoms with Crippen molar-refractivity contribution < 1.29 is 28.2 Å². The summed E-state index contributed by atoms with van der Waals surface area (Å²) in [5.41, 5.74) is -1.25. The van der Waals surface area contributed by atoms with Gasteiger partial charge in [-0.3, -0.25) is 9.69 Å². The van der Waals surface area contributed by atoms with Crippen LogP contribution in [0.1, 0.15) is 13.8 Å². The highest BCUT2D eigenvalue weighted by Gasteiger charge is 2.48. The number of carbonyl (C=O) groups is 2. The van der Waals surface area contributed by atoms with Crippen LogP contribution < -0.4 is 0 Å². The number of Topliss-reactive ketones (excluding diaryl/α,β-unsaturated/α-hetero) is 1. The zero-order chi connectivity index (χ0) is 11.8. The van der Waals surface area contributed by atoms with E-state index in [4.69, 9.17) is 9.84 Å². The largest absolute Gasteiger partial charge is 0.465 e. The lowest BCUT2D eigenvalue weighted by Gasteiger charge is -2.30. The van der Waals surface area contributed by atoms with Crippen LogP contribution >= 0.6 is 0 Å². The summed E-state index contributed by atoms with van der Waals surface area (Å²) in [7, 11) is 0. The zero-order valence-electron chi connectivity index (χ0n) is 8.24. The predicted molar refractivity (Wildman–Crippen MR) is 44.7 cm³/mol. The standard InChI is InChI=1S/C8H11F2NO4/c1-8(2)11(7(13)14)4(3-15-8)5(12)6(9)10/h4,6H,3H2,1-2H3,(H,13,14)/t4-/m1/s1. The highest BCUT2D eigenvalue weighted by molar-refractivity contribution is 5.90. The topological polar surface area (TPSA) is 66.8 Å². The van der Waals surface area contributed by atoms with Crippen LogP contribution in [0, 0.1) is 0 Å². The molecule has 0 radical (unpaired) electrons. The average Bonchev–Trinajstić information content (AvgIpc) is 2.39. The van der Waals surface area contributed by atoms with Gasteiger partial charge in [0, 0.05) is 0 Å². The molecule has 0 aromatic heterocycles. The molecule has 1 heterocycles. The molecule has 15 heavy (non-hydrogen) atoms. The van der Waals surface area contributed by atoms with E-state index in [0.717, 1.165) is 0 Å². The van der Waals surface area contributed by atoms with Crippen molar-refractivity contribution in [3.05, 3.63) is 0 Å². The second kappa shape index (κ2) is 3.73. The third-order valence-corrected chi connectivity index (χ3v) is 2.24. The highest BCUT2D eigenvalue weighted by atomic mass is 19.3. The first kappa shape index (κ1) is 11.8. The van der Waals surface area contributed by atoms with Crippen molar-refractivity contribution in [3.63, 3.8) is 0 Å². The molecule has 0 saturated carbocycles. The van der Waals surface area contributed by atoms with Gasteiger partial charge in [0.2, 0.25) is 5.78 Å². The first-order chi connectivity index (χ1) is 6.77. The van der Waals surface area contributed by atoms with Gasteiger partial charge < -0.3 is 9.84 Å². The summed E-state index contributed by atoms with van der Waals surface area (Å²) in [5, 5.41) is 8.80. The number of nitrogens with zero attached hydrogens (tertiary/aromatic N) is 1. The first-order valence-corrected chi connectivity index (χ1v) is 4.25. The zero-order valence-corrected chi connectivity index (χ0v) is 8.24. The Kier molecular flexibility index (Phi) is 2.94. The van der Waals surface area contributed by atoms with E-state index in [1.165, 1.54) is 13.8 Å². The molecule has 86 valence electrons. The minimum Gasteiger partial charge on any atom is -0.465 e. The van der Waals surface area contributed by atoms with Gasteiger partial charge >= 0.3 is 6.09 Å². The quantitative estimate of drug-likeness (QED) is 0.756. The van der Waals surface area contributed by atoms with Crippen molar-refractivity contribution in [1.29, 1.82) is 0 Å². The number of hydrogen-bond acceptors (Lipinski definition) is 3. The van der Waals surface area contributed by atoms with E-state index >= 15 is 0 Å². The summed E-state index contributed by atoms with van der Waals surface area (Å²) in [6.07, 6.45) is -4.63. The van der Waals surface area contributed by atoms with Crippen LogP contribution in [0.3, 0.4) is 0 Å². The molecule has 0 aromatic rings. The van der Waals surface area contributed by atoms with E-state index in [-0.39, 0.29) is 6.61 Å². The Labute approximate surface area is 84.6 Å². The van der Waals surface area contributed by atoms with Gasteiger partial charge in [0.15, 0.2) is 0 Å². The number of amides is 1. The molecule has 0 aromatic carbocycles. The van der Waals surface area contributed by atoms with Crippen LogP contribution in [0.2, 0.25) is 0 Å². The van der Waals surface area contributed by atoms with Gasteiger partial charge in [0.05, 0.1) is 6.61 Å². The Balaban J connectivity index is 2.93. The van der Waals surface area contributed by atoms with Gasteiger partial charge in [0.25, 0.3) is 6.43 Å². The van der Waals surface area contributed by atoms with Crippen LogP contribution in [0.5, 0.6) is 0 Å². The van der Waals surface area contributed by atoms with Gasteiger partial charge in [-0.1, -0.05) is 0 Å². The molecule has 1 fully saturated rings. The molecule has 0 aliphatic carbocycles. The van der Waals surface area contributed by atoms with Crippen LogP contribution in [0.4, 0.5) is 13.6 Å². The molecule has 7 heteroatoms. The lowest BCUT2D eigenvalue weighted by Crippen LogP contribution is -2.51. The lowest BCUT2D eigenvalue weighted by molar-refractivity contribution is -0.134. The number of carbonyl (C=O) groups excluding carboxylic acids is 1. The molecule has 1 saturated heterocycles. The molecular formula is C8H11F2NO4. The Bertz CT molecular complexity index is 292. The minimum atomic E-state index is -3.19. The number of ether oxygens (including phenoxy) is 1. The Hall–Kier alpha value is -1.24. The van der Waals surface area contributed by atoms with Crippen LogP contribution in [-0.4, -0.2) is 46.7 Å². The maximum Gasteiger partial charge on any atom is 0.410 e. The molecule has 1 rings (SSSR count). The smallest absolute Gasteiger partial charge is 0.410 e. The molecule has 1 N–H and O–H groups in total. The summed E-state index contributed by atoms with van der Waals surface area (Å²) in [6.45, 7) is 2.47. The fourth-order valence-corrected chi connectivity index (χ4v) is 1.52.